The lowest BCUT2D eigenvalue weighted by atomic mass is 9.99. The molecule has 4 heteroatoms. The molecule has 2 amide bonds. The molecule has 0 aromatic heterocycles. The van der Waals surface area contributed by atoms with E-state index in [9.17, 15) is 9.59 Å². The van der Waals surface area contributed by atoms with Crippen LogP contribution < -0.4 is 0 Å². The summed E-state index contributed by atoms with van der Waals surface area (Å²) >= 11 is 0. The number of piperidine rings is 1. The van der Waals surface area contributed by atoms with E-state index >= 15 is 0 Å². The second-order valence-electron chi connectivity index (χ2n) is 7.15. The Bertz CT molecular complexity index is 410. The van der Waals surface area contributed by atoms with Gasteiger partial charge in [-0.2, -0.15) is 0 Å². The van der Waals surface area contributed by atoms with Crippen molar-refractivity contribution in [2.45, 2.75) is 76.8 Å². The molecule has 1 aliphatic carbocycles. The Morgan fingerprint density at radius 1 is 0.857 bits per heavy atom. The fourth-order valence-electron chi connectivity index (χ4n) is 4.29. The molecule has 2 heterocycles. The maximum absolute atomic E-state index is 13.0. The van der Waals surface area contributed by atoms with Crippen LogP contribution in [-0.2, 0) is 9.59 Å². The lowest BCUT2D eigenvalue weighted by molar-refractivity contribution is -0.144. The SMILES string of the molecule is CC1CCCC(N2CCC(=O)N3CCCCC3C2=O)CC1. The van der Waals surface area contributed by atoms with Crippen LogP contribution in [0.1, 0.15) is 64.7 Å². The molecule has 3 atom stereocenters. The highest BCUT2D eigenvalue weighted by Gasteiger charge is 2.39. The largest absolute Gasteiger partial charge is 0.337 e. The smallest absolute Gasteiger partial charge is 0.245 e. The van der Waals surface area contributed by atoms with Crippen molar-refractivity contribution in [2.24, 2.45) is 5.92 Å². The molecule has 0 spiro atoms. The van der Waals surface area contributed by atoms with Gasteiger partial charge in [-0.3, -0.25) is 9.59 Å². The van der Waals surface area contributed by atoms with Gasteiger partial charge in [-0.05, 0) is 44.4 Å². The van der Waals surface area contributed by atoms with Gasteiger partial charge in [0.2, 0.25) is 11.8 Å². The molecule has 21 heavy (non-hydrogen) atoms. The summed E-state index contributed by atoms with van der Waals surface area (Å²) in [5, 5.41) is 0. The van der Waals surface area contributed by atoms with E-state index in [-0.39, 0.29) is 17.9 Å². The molecule has 3 unspecified atom stereocenters. The lowest BCUT2D eigenvalue weighted by Gasteiger charge is -2.36. The third kappa shape index (κ3) is 3.09. The Hall–Kier alpha value is -1.06. The number of carbonyl (C=O) groups excluding carboxylic acids is 2. The zero-order valence-electron chi connectivity index (χ0n) is 13.2. The van der Waals surface area contributed by atoms with E-state index in [0.29, 0.717) is 19.0 Å². The first-order chi connectivity index (χ1) is 10.2. The predicted octanol–water partition coefficient (Wildman–Crippen LogP) is 2.57. The first-order valence-electron chi connectivity index (χ1n) is 8.77. The van der Waals surface area contributed by atoms with Crippen LogP contribution in [0, 0.1) is 5.92 Å². The molecule has 0 N–H and O–H groups in total. The van der Waals surface area contributed by atoms with E-state index in [1.165, 1.54) is 19.3 Å². The van der Waals surface area contributed by atoms with Crippen molar-refractivity contribution in [3.8, 4) is 0 Å². The van der Waals surface area contributed by atoms with E-state index < -0.39 is 0 Å². The van der Waals surface area contributed by atoms with Crippen molar-refractivity contribution >= 4 is 11.8 Å². The topological polar surface area (TPSA) is 40.6 Å². The van der Waals surface area contributed by atoms with Crippen LogP contribution >= 0.6 is 0 Å². The number of hydrogen-bond acceptors (Lipinski definition) is 2. The van der Waals surface area contributed by atoms with Gasteiger partial charge < -0.3 is 9.80 Å². The Morgan fingerprint density at radius 2 is 1.71 bits per heavy atom. The number of carbonyl (C=O) groups is 2. The molecular weight excluding hydrogens is 264 g/mol. The summed E-state index contributed by atoms with van der Waals surface area (Å²) < 4.78 is 0. The minimum atomic E-state index is -0.158. The van der Waals surface area contributed by atoms with Crippen LogP contribution in [0.2, 0.25) is 0 Å². The van der Waals surface area contributed by atoms with E-state index in [1.54, 1.807) is 0 Å². The zero-order chi connectivity index (χ0) is 14.8. The van der Waals surface area contributed by atoms with Gasteiger partial charge in [0.25, 0.3) is 0 Å². The van der Waals surface area contributed by atoms with Crippen molar-refractivity contribution in [1.29, 1.82) is 0 Å². The highest BCUT2D eigenvalue weighted by Crippen LogP contribution is 2.30. The van der Waals surface area contributed by atoms with Gasteiger partial charge in [-0.1, -0.05) is 19.8 Å². The van der Waals surface area contributed by atoms with Crippen molar-refractivity contribution in [2.75, 3.05) is 13.1 Å². The molecule has 2 saturated heterocycles. The highest BCUT2D eigenvalue weighted by molar-refractivity contribution is 5.90. The number of hydrogen-bond donors (Lipinski definition) is 0. The Morgan fingerprint density at radius 3 is 2.57 bits per heavy atom. The molecule has 0 bridgehead atoms. The maximum Gasteiger partial charge on any atom is 0.245 e. The molecule has 118 valence electrons. The van der Waals surface area contributed by atoms with Crippen molar-refractivity contribution in [3.63, 3.8) is 0 Å². The molecule has 4 nitrogen and oxygen atoms in total. The standard InChI is InChI=1S/C17H28N2O2/c1-13-5-4-6-14(9-8-13)18-12-10-16(20)19-11-3-2-7-15(19)17(18)21/h13-15H,2-12H2,1H3. The minimum Gasteiger partial charge on any atom is -0.337 e. The van der Waals surface area contributed by atoms with Gasteiger partial charge in [0.05, 0.1) is 0 Å². The monoisotopic (exact) mass is 292 g/mol. The van der Waals surface area contributed by atoms with Crippen LogP contribution in [0.5, 0.6) is 0 Å². The van der Waals surface area contributed by atoms with Crippen LogP contribution in [0.25, 0.3) is 0 Å². The van der Waals surface area contributed by atoms with E-state index in [1.807, 2.05) is 4.90 Å². The molecule has 3 aliphatic rings. The molecule has 0 radical (unpaired) electrons. The Kier molecular flexibility index (Phi) is 4.51. The molecule has 3 fully saturated rings. The number of nitrogens with zero attached hydrogens (tertiary/aromatic N) is 2. The molecular formula is C17H28N2O2. The molecule has 0 aromatic carbocycles. The fourth-order valence-corrected chi connectivity index (χ4v) is 4.29. The van der Waals surface area contributed by atoms with Crippen LogP contribution in [0.4, 0.5) is 0 Å². The number of amides is 2. The first-order valence-corrected chi connectivity index (χ1v) is 8.77. The average molecular weight is 292 g/mol. The van der Waals surface area contributed by atoms with Gasteiger partial charge in [0, 0.05) is 25.6 Å². The molecule has 0 aromatic rings. The minimum absolute atomic E-state index is 0.158. The van der Waals surface area contributed by atoms with Gasteiger partial charge in [0.15, 0.2) is 0 Å². The maximum atomic E-state index is 13.0. The van der Waals surface area contributed by atoms with Crippen LogP contribution in [0.3, 0.4) is 0 Å². The summed E-state index contributed by atoms with van der Waals surface area (Å²) in [6.45, 7) is 3.74. The van der Waals surface area contributed by atoms with Crippen molar-refractivity contribution < 1.29 is 9.59 Å². The average Bonchev–Trinajstić information content (AvgIpc) is 2.77. The summed E-state index contributed by atoms with van der Waals surface area (Å²) in [7, 11) is 0. The molecule has 1 saturated carbocycles. The van der Waals surface area contributed by atoms with Crippen molar-refractivity contribution in [1.82, 2.24) is 9.80 Å². The lowest BCUT2D eigenvalue weighted by Crippen LogP contribution is -2.51. The van der Waals surface area contributed by atoms with Gasteiger partial charge in [-0.25, -0.2) is 0 Å². The van der Waals surface area contributed by atoms with E-state index in [0.717, 1.165) is 44.6 Å². The van der Waals surface area contributed by atoms with Gasteiger partial charge in [-0.15, -0.1) is 0 Å². The Labute approximate surface area is 127 Å². The summed E-state index contributed by atoms with van der Waals surface area (Å²) in [4.78, 5) is 29.2. The third-order valence-electron chi connectivity index (χ3n) is 5.63. The summed E-state index contributed by atoms with van der Waals surface area (Å²) in [6, 6.07) is 0.214. The first kappa shape index (κ1) is 14.9. The normalized spacial score (nSPS) is 35.2. The summed E-state index contributed by atoms with van der Waals surface area (Å²) in [5.41, 5.74) is 0. The van der Waals surface area contributed by atoms with E-state index in [4.69, 9.17) is 0 Å². The summed E-state index contributed by atoms with van der Waals surface area (Å²) in [5.74, 6) is 1.21. The fraction of sp³-hybridized carbons (Fsp3) is 0.882. The second kappa shape index (κ2) is 6.37. The van der Waals surface area contributed by atoms with Crippen LogP contribution in [0.15, 0.2) is 0 Å². The van der Waals surface area contributed by atoms with Crippen LogP contribution in [-0.4, -0.2) is 46.8 Å². The molecule has 3 rings (SSSR count). The van der Waals surface area contributed by atoms with Gasteiger partial charge in [0.1, 0.15) is 6.04 Å². The zero-order valence-corrected chi connectivity index (χ0v) is 13.2. The number of rotatable bonds is 1. The number of fused-ring (bicyclic) bond motifs is 1. The summed E-state index contributed by atoms with van der Waals surface area (Å²) in [6.07, 6.45) is 9.48. The van der Waals surface area contributed by atoms with E-state index in [2.05, 4.69) is 11.8 Å². The quantitative estimate of drug-likeness (QED) is 0.697. The second-order valence-corrected chi connectivity index (χ2v) is 7.15. The van der Waals surface area contributed by atoms with Gasteiger partial charge >= 0.3 is 0 Å². The predicted molar refractivity (Wildman–Crippen MR) is 81.7 cm³/mol. The molecule has 2 aliphatic heterocycles. The Balaban J connectivity index is 1.75. The highest BCUT2D eigenvalue weighted by atomic mass is 16.2. The third-order valence-corrected chi connectivity index (χ3v) is 5.63. The van der Waals surface area contributed by atoms with Crippen molar-refractivity contribution in [3.05, 3.63) is 0 Å².